The molecule has 2 rings (SSSR count). The normalized spacial score (nSPS) is 19.0. The van der Waals surface area contributed by atoms with Crippen molar-refractivity contribution in [2.24, 2.45) is 0 Å². The Morgan fingerprint density at radius 1 is 1.28 bits per heavy atom. The predicted molar refractivity (Wildman–Crippen MR) is 64.1 cm³/mol. The number of amides is 1. The number of hydrogen-bond donors (Lipinski definition) is 2. The number of halogens is 2. The van der Waals surface area contributed by atoms with Crippen molar-refractivity contribution in [3.05, 3.63) is 35.4 Å². The first-order chi connectivity index (χ1) is 8.63. The first-order valence-corrected chi connectivity index (χ1v) is 6.08. The summed E-state index contributed by atoms with van der Waals surface area (Å²) in [5.74, 6) is -1.00. The average molecular weight is 254 g/mol. The molecule has 0 aromatic heterocycles. The van der Waals surface area contributed by atoms with Crippen molar-refractivity contribution in [2.45, 2.75) is 25.3 Å². The van der Waals surface area contributed by atoms with Gasteiger partial charge in [-0.3, -0.25) is 4.79 Å². The lowest BCUT2D eigenvalue weighted by Crippen LogP contribution is -2.36. The SMILES string of the molecule is O=C1CCC(CNCCc2cc(F)cc(F)c2)N1. The van der Waals surface area contributed by atoms with Gasteiger partial charge in [0.15, 0.2) is 0 Å². The Hall–Kier alpha value is -1.49. The van der Waals surface area contributed by atoms with Gasteiger partial charge >= 0.3 is 0 Å². The van der Waals surface area contributed by atoms with Gasteiger partial charge in [0, 0.05) is 25.1 Å². The highest BCUT2D eigenvalue weighted by Crippen LogP contribution is 2.08. The fraction of sp³-hybridized carbons (Fsp3) is 0.462. The lowest BCUT2D eigenvalue weighted by atomic mass is 10.1. The van der Waals surface area contributed by atoms with Crippen LogP contribution in [0.25, 0.3) is 0 Å². The number of benzene rings is 1. The van der Waals surface area contributed by atoms with Gasteiger partial charge in [0.25, 0.3) is 0 Å². The second kappa shape index (κ2) is 5.91. The summed E-state index contributed by atoms with van der Waals surface area (Å²) in [6, 6.07) is 3.72. The first kappa shape index (κ1) is 13.0. The first-order valence-electron chi connectivity index (χ1n) is 6.08. The summed E-state index contributed by atoms with van der Waals surface area (Å²) in [5, 5.41) is 6.02. The van der Waals surface area contributed by atoms with Crippen molar-refractivity contribution in [3.8, 4) is 0 Å². The van der Waals surface area contributed by atoms with E-state index in [1.807, 2.05) is 0 Å². The van der Waals surface area contributed by atoms with Crippen molar-refractivity contribution in [3.63, 3.8) is 0 Å². The van der Waals surface area contributed by atoms with Crippen LogP contribution in [0.2, 0.25) is 0 Å². The van der Waals surface area contributed by atoms with Gasteiger partial charge in [0.05, 0.1) is 0 Å². The Bertz CT molecular complexity index is 417. The monoisotopic (exact) mass is 254 g/mol. The maximum absolute atomic E-state index is 12.9. The fourth-order valence-electron chi connectivity index (χ4n) is 2.09. The zero-order chi connectivity index (χ0) is 13.0. The van der Waals surface area contributed by atoms with Crippen molar-refractivity contribution < 1.29 is 13.6 Å². The molecule has 0 saturated carbocycles. The van der Waals surface area contributed by atoms with Gasteiger partial charge in [-0.05, 0) is 37.1 Å². The van der Waals surface area contributed by atoms with Crippen LogP contribution in [-0.2, 0) is 11.2 Å². The number of nitrogens with one attached hydrogen (secondary N) is 2. The number of carbonyl (C=O) groups excluding carboxylic acids is 1. The molecule has 1 unspecified atom stereocenters. The van der Waals surface area contributed by atoms with Gasteiger partial charge in [-0.1, -0.05) is 0 Å². The Morgan fingerprint density at radius 2 is 2.00 bits per heavy atom. The van der Waals surface area contributed by atoms with Crippen LogP contribution in [0.1, 0.15) is 18.4 Å². The minimum absolute atomic E-state index is 0.0917. The summed E-state index contributed by atoms with van der Waals surface area (Å²) in [4.78, 5) is 11.0. The van der Waals surface area contributed by atoms with Crippen molar-refractivity contribution >= 4 is 5.91 Å². The lowest BCUT2D eigenvalue weighted by molar-refractivity contribution is -0.119. The van der Waals surface area contributed by atoms with Crippen LogP contribution < -0.4 is 10.6 Å². The van der Waals surface area contributed by atoms with E-state index in [1.165, 1.54) is 12.1 Å². The Balaban J connectivity index is 1.70. The maximum Gasteiger partial charge on any atom is 0.220 e. The standard InChI is InChI=1S/C13H16F2N2O/c14-10-5-9(6-11(15)7-10)3-4-16-8-12-1-2-13(18)17-12/h5-7,12,16H,1-4,8H2,(H,17,18). The van der Waals surface area contributed by atoms with Gasteiger partial charge in [-0.2, -0.15) is 0 Å². The molecule has 1 aliphatic rings. The van der Waals surface area contributed by atoms with Crippen LogP contribution in [0.5, 0.6) is 0 Å². The zero-order valence-corrected chi connectivity index (χ0v) is 10.0. The molecule has 1 fully saturated rings. The van der Waals surface area contributed by atoms with Gasteiger partial charge in [0.2, 0.25) is 5.91 Å². The summed E-state index contributed by atoms with van der Waals surface area (Å²) < 4.78 is 25.8. The van der Waals surface area contributed by atoms with Crippen LogP contribution in [0, 0.1) is 11.6 Å². The quantitative estimate of drug-likeness (QED) is 0.779. The van der Waals surface area contributed by atoms with E-state index in [2.05, 4.69) is 10.6 Å². The number of hydrogen-bond acceptors (Lipinski definition) is 2. The minimum Gasteiger partial charge on any atom is -0.352 e. The van der Waals surface area contributed by atoms with E-state index < -0.39 is 11.6 Å². The molecule has 1 heterocycles. The largest absolute Gasteiger partial charge is 0.352 e. The Kier molecular flexibility index (Phi) is 4.25. The van der Waals surface area contributed by atoms with Crippen molar-refractivity contribution in [1.82, 2.24) is 10.6 Å². The number of rotatable bonds is 5. The number of carbonyl (C=O) groups is 1. The van der Waals surface area contributed by atoms with E-state index in [0.717, 1.165) is 12.5 Å². The molecule has 98 valence electrons. The highest BCUT2D eigenvalue weighted by molar-refractivity contribution is 5.78. The van der Waals surface area contributed by atoms with E-state index in [4.69, 9.17) is 0 Å². The third-order valence-corrected chi connectivity index (χ3v) is 2.99. The van der Waals surface area contributed by atoms with Crippen LogP contribution >= 0.6 is 0 Å². The molecule has 3 nitrogen and oxygen atoms in total. The molecule has 1 saturated heterocycles. The van der Waals surface area contributed by atoms with E-state index in [0.29, 0.717) is 31.5 Å². The molecule has 1 atom stereocenters. The summed E-state index contributed by atoms with van der Waals surface area (Å²) in [5.41, 5.74) is 0.635. The molecule has 1 aliphatic heterocycles. The molecule has 0 spiro atoms. The van der Waals surface area contributed by atoms with E-state index in [-0.39, 0.29) is 11.9 Å². The predicted octanol–water partition coefficient (Wildman–Crippen LogP) is 1.38. The second-order valence-electron chi connectivity index (χ2n) is 4.53. The van der Waals surface area contributed by atoms with Crippen molar-refractivity contribution in [1.29, 1.82) is 0 Å². The zero-order valence-electron chi connectivity index (χ0n) is 10.0. The van der Waals surface area contributed by atoms with Crippen LogP contribution in [0.15, 0.2) is 18.2 Å². The third kappa shape index (κ3) is 3.77. The molecule has 2 N–H and O–H groups in total. The lowest BCUT2D eigenvalue weighted by Gasteiger charge is -2.11. The Morgan fingerprint density at radius 3 is 2.61 bits per heavy atom. The average Bonchev–Trinajstić information content (AvgIpc) is 2.69. The minimum atomic E-state index is -0.548. The fourth-order valence-corrected chi connectivity index (χ4v) is 2.09. The van der Waals surface area contributed by atoms with Crippen LogP contribution in [0.3, 0.4) is 0 Å². The summed E-state index contributed by atoms with van der Waals surface area (Å²) in [7, 11) is 0. The van der Waals surface area contributed by atoms with E-state index >= 15 is 0 Å². The van der Waals surface area contributed by atoms with Crippen molar-refractivity contribution in [2.75, 3.05) is 13.1 Å². The highest BCUT2D eigenvalue weighted by Gasteiger charge is 2.19. The molecule has 0 bridgehead atoms. The van der Waals surface area contributed by atoms with Crippen LogP contribution in [0.4, 0.5) is 8.78 Å². The van der Waals surface area contributed by atoms with Gasteiger partial charge < -0.3 is 10.6 Å². The molecular formula is C13H16F2N2O. The second-order valence-corrected chi connectivity index (χ2v) is 4.53. The molecule has 0 radical (unpaired) electrons. The van der Waals surface area contributed by atoms with E-state index in [9.17, 15) is 13.6 Å². The molecule has 5 heteroatoms. The maximum atomic E-state index is 12.9. The summed E-state index contributed by atoms with van der Waals surface area (Å²) in [6.07, 6.45) is 2.00. The smallest absolute Gasteiger partial charge is 0.220 e. The molecule has 18 heavy (non-hydrogen) atoms. The molecule has 0 aliphatic carbocycles. The van der Waals surface area contributed by atoms with Gasteiger partial charge in [0.1, 0.15) is 11.6 Å². The molecule has 1 aromatic carbocycles. The summed E-state index contributed by atoms with van der Waals surface area (Å²) in [6.45, 7) is 1.33. The molecule has 1 amide bonds. The van der Waals surface area contributed by atoms with Crippen LogP contribution in [-0.4, -0.2) is 25.0 Å². The van der Waals surface area contributed by atoms with Gasteiger partial charge in [-0.25, -0.2) is 8.78 Å². The molecular weight excluding hydrogens is 238 g/mol. The highest BCUT2D eigenvalue weighted by atomic mass is 19.1. The summed E-state index contributed by atoms with van der Waals surface area (Å²) >= 11 is 0. The Labute approximate surface area is 105 Å². The topological polar surface area (TPSA) is 41.1 Å². The van der Waals surface area contributed by atoms with E-state index in [1.54, 1.807) is 0 Å². The molecule has 1 aromatic rings. The van der Waals surface area contributed by atoms with Gasteiger partial charge in [-0.15, -0.1) is 0 Å². The third-order valence-electron chi connectivity index (χ3n) is 2.99.